The number of carbonyl (C=O) groups is 1. The summed E-state index contributed by atoms with van der Waals surface area (Å²) < 4.78 is 0. The molecule has 0 aliphatic rings. The van der Waals surface area contributed by atoms with Crippen LogP contribution in [0.5, 0.6) is 0 Å². The van der Waals surface area contributed by atoms with Crippen LogP contribution >= 0.6 is 0 Å². The van der Waals surface area contributed by atoms with Crippen molar-refractivity contribution in [2.45, 2.75) is 20.8 Å². The van der Waals surface area contributed by atoms with Gasteiger partial charge in [0, 0.05) is 18.8 Å². The number of carboxylic acid groups (broad SMARTS) is 1. The average molecular weight is 251 g/mol. The van der Waals surface area contributed by atoms with Gasteiger partial charge < -0.3 is 15.3 Å². The Bertz CT molecular complexity index is 432. The summed E-state index contributed by atoms with van der Waals surface area (Å²) in [5.74, 6) is -0.939. The van der Waals surface area contributed by atoms with Crippen molar-refractivity contribution < 1.29 is 9.90 Å². The zero-order chi connectivity index (χ0) is 13.7. The first kappa shape index (κ1) is 14.4. The van der Waals surface area contributed by atoms with Crippen molar-refractivity contribution in [3.05, 3.63) is 23.0 Å². The van der Waals surface area contributed by atoms with E-state index in [0.29, 0.717) is 17.9 Å². The zero-order valence-corrected chi connectivity index (χ0v) is 11.4. The van der Waals surface area contributed by atoms with Crippen LogP contribution in [0.15, 0.2) is 6.07 Å². The van der Waals surface area contributed by atoms with Gasteiger partial charge in [0.1, 0.15) is 5.56 Å². The van der Waals surface area contributed by atoms with E-state index in [1.165, 1.54) is 0 Å². The van der Waals surface area contributed by atoms with Crippen molar-refractivity contribution in [1.82, 2.24) is 9.88 Å². The van der Waals surface area contributed by atoms with Crippen LogP contribution in [-0.4, -0.2) is 47.6 Å². The smallest absolute Gasteiger partial charge is 0.339 e. The Balaban J connectivity index is 2.83. The second-order valence-electron chi connectivity index (χ2n) is 4.40. The third-order valence-electron chi connectivity index (χ3n) is 2.89. The molecule has 0 aliphatic heterocycles. The van der Waals surface area contributed by atoms with E-state index in [9.17, 15) is 9.90 Å². The van der Waals surface area contributed by atoms with Crippen molar-refractivity contribution in [1.29, 1.82) is 0 Å². The van der Waals surface area contributed by atoms with E-state index in [0.717, 1.165) is 18.8 Å². The van der Waals surface area contributed by atoms with Crippen LogP contribution in [0.25, 0.3) is 0 Å². The lowest BCUT2D eigenvalue weighted by Crippen LogP contribution is -2.25. The number of carboxylic acids is 1. The van der Waals surface area contributed by atoms with E-state index in [-0.39, 0.29) is 5.56 Å². The SMILES string of the molecule is CCN(C)CCNc1cc(C)nc(C)c1C(=O)O. The Morgan fingerprint density at radius 1 is 1.50 bits per heavy atom. The van der Waals surface area contributed by atoms with Gasteiger partial charge in [-0.05, 0) is 33.5 Å². The quantitative estimate of drug-likeness (QED) is 0.806. The molecule has 0 unspecified atom stereocenters. The monoisotopic (exact) mass is 251 g/mol. The first-order chi connectivity index (χ1) is 8.45. The first-order valence-corrected chi connectivity index (χ1v) is 6.09. The molecule has 0 fully saturated rings. The Morgan fingerprint density at radius 3 is 2.72 bits per heavy atom. The third kappa shape index (κ3) is 3.70. The molecular formula is C13H21N3O2. The molecule has 0 amide bonds. The fourth-order valence-electron chi connectivity index (χ4n) is 1.78. The number of hydrogen-bond acceptors (Lipinski definition) is 4. The van der Waals surface area contributed by atoms with Crippen LogP contribution in [0.1, 0.15) is 28.7 Å². The summed E-state index contributed by atoms with van der Waals surface area (Å²) in [6, 6.07) is 1.78. The normalized spacial score (nSPS) is 10.7. The molecule has 5 nitrogen and oxygen atoms in total. The Morgan fingerprint density at radius 2 is 2.17 bits per heavy atom. The van der Waals surface area contributed by atoms with Gasteiger partial charge in [0.25, 0.3) is 0 Å². The molecule has 2 N–H and O–H groups in total. The summed E-state index contributed by atoms with van der Waals surface area (Å²) in [6.45, 7) is 8.23. The van der Waals surface area contributed by atoms with Crippen LogP contribution in [0, 0.1) is 13.8 Å². The molecule has 0 aromatic carbocycles. The van der Waals surface area contributed by atoms with Gasteiger partial charge >= 0.3 is 5.97 Å². The van der Waals surface area contributed by atoms with E-state index in [1.54, 1.807) is 13.0 Å². The van der Waals surface area contributed by atoms with Crippen LogP contribution in [0.2, 0.25) is 0 Å². The Labute approximate surface area is 108 Å². The Kier molecular flexibility index (Phi) is 5.09. The number of aryl methyl sites for hydroxylation is 2. The van der Waals surface area contributed by atoms with Crippen molar-refractivity contribution in [2.75, 3.05) is 32.0 Å². The van der Waals surface area contributed by atoms with Crippen LogP contribution in [0.4, 0.5) is 5.69 Å². The van der Waals surface area contributed by atoms with Crippen molar-refractivity contribution in [2.24, 2.45) is 0 Å². The van der Waals surface area contributed by atoms with E-state index >= 15 is 0 Å². The third-order valence-corrected chi connectivity index (χ3v) is 2.89. The van der Waals surface area contributed by atoms with Gasteiger partial charge in [-0.1, -0.05) is 6.92 Å². The minimum absolute atomic E-state index is 0.264. The lowest BCUT2D eigenvalue weighted by atomic mass is 10.1. The fourth-order valence-corrected chi connectivity index (χ4v) is 1.78. The molecule has 0 aliphatic carbocycles. The summed E-state index contributed by atoms with van der Waals surface area (Å²) in [5.41, 5.74) is 2.29. The molecule has 1 aromatic heterocycles. The molecule has 1 rings (SSSR count). The van der Waals surface area contributed by atoms with Gasteiger partial charge in [-0.3, -0.25) is 4.98 Å². The molecule has 1 aromatic rings. The molecule has 0 saturated carbocycles. The second-order valence-corrected chi connectivity index (χ2v) is 4.40. The molecule has 0 atom stereocenters. The summed E-state index contributed by atoms with van der Waals surface area (Å²) in [5, 5.41) is 12.4. The number of anilines is 1. The van der Waals surface area contributed by atoms with E-state index in [4.69, 9.17) is 0 Å². The summed E-state index contributed by atoms with van der Waals surface area (Å²) in [7, 11) is 2.03. The number of nitrogens with one attached hydrogen (secondary N) is 1. The fraction of sp³-hybridized carbons (Fsp3) is 0.538. The predicted molar refractivity (Wildman–Crippen MR) is 72.3 cm³/mol. The van der Waals surface area contributed by atoms with Gasteiger partial charge in [-0.25, -0.2) is 4.79 Å². The summed E-state index contributed by atoms with van der Waals surface area (Å²) in [6.07, 6.45) is 0. The molecule has 0 radical (unpaired) electrons. The molecule has 1 heterocycles. The standard InChI is InChI=1S/C13H21N3O2/c1-5-16(4)7-6-14-11-8-9(2)15-10(3)12(11)13(17)18/h8H,5-7H2,1-4H3,(H,14,15)(H,17,18). The second kappa shape index (κ2) is 6.35. The van der Waals surface area contributed by atoms with Gasteiger partial charge in [-0.2, -0.15) is 0 Å². The van der Waals surface area contributed by atoms with E-state index in [1.807, 2.05) is 14.0 Å². The van der Waals surface area contributed by atoms with Crippen molar-refractivity contribution in [3.8, 4) is 0 Å². The highest BCUT2D eigenvalue weighted by atomic mass is 16.4. The molecule has 0 bridgehead atoms. The van der Waals surface area contributed by atoms with Crippen LogP contribution in [0.3, 0.4) is 0 Å². The topological polar surface area (TPSA) is 65.5 Å². The van der Waals surface area contributed by atoms with E-state index in [2.05, 4.69) is 22.1 Å². The zero-order valence-electron chi connectivity index (χ0n) is 11.4. The number of hydrogen-bond donors (Lipinski definition) is 2. The maximum Gasteiger partial charge on any atom is 0.339 e. The number of aromatic nitrogens is 1. The summed E-state index contributed by atoms with van der Waals surface area (Å²) >= 11 is 0. The minimum atomic E-state index is -0.939. The van der Waals surface area contributed by atoms with Crippen LogP contribution in [-0.2, 0) is 0 Å². The number of likely N-dealkylation sites (N-methyl/N-ethyl adjacent to an activating group) is 1. The van der Waals surface area contributed by atoms with Crippen molar-refractivity contribution in [3.63, 3.8) is 0 Å². The molecule has 0 spiro atoms. The maximum atomic E-state index is 11.2. The molecule has 5 heteroatoms. The molecule has 18 heavy (non-hydrogen) atoms. The van der Waals surface area contributed by atoms with Crippen LogP contribution < -0.4 is 5.32 Å². The predicted octanol–water partition coefficient (Wildman–Crippen LogP) is 1.76. The number of pyridine rings is 1. The Hall–Kier alpha value is -1.62. The number of nitrogens with zero attached hydrogens (tertiary/aromatic N) is 2. The highest BCUT2D eigenvalue weighted by Crippen LogP contribution is 2.19. The van der Waals surface area contributed by atoms with Gasteiger partial charge in [0.2, 0.25) is 0 Å². The molecule has 0 saturated heterocycles. The van der Waals surface area contributed by atoms with Gasteiger partial charge in [0.05, 0.1) is 11.4 Å². The van der Waals surface area contributed by atoms with Gasteiger partial charge in [0.15, 0.2) is 0 Å². The average Bonchev–Trinajstić information content (AvgIpc) is 2.27. The summed E-state index contributed by atoms with van der Waals surface area (Å²) in [4.78, 5) is 17.6. The van der Waals surface area contributed by atoms with Crippen molar-refractivity contribution >= 4 is 11.7 Å². The van der Waals surface area contributed by atoms with Gasteiger partial charge in [-0.15, -0.1) is 0 Å². The number of rotatable bonds is 6. The molecular weight excluding hydrogens is 230 g/mol. The molecule has 100 valence electrons. The first-order valence-electron chi connectivity index (χ1n) is 6.09. The highest BCUT2D eigenvalue weighted by Gasteiger charge is 2.14. The number of aromatic carboxylic acids is 1. The largest absolute Gasteiger partial charge is 0.478 e. The van der Waals surface area contributed by atoms with E-state index < -0.39 is 5.97 Å². The lowest BCUT2D eigenvalue weighted by molar-refractivity contribution is 0.0696. The lowest BCUT2D eigenvalue weighted by Gasteiger charge is -2.16. The highest BCUT2D eigenvalue weighted by molar-refractivity contribution is 5.95. The minimum Gasteiger partial charge on any atom is -0.478 e. The maximum absolute atomic E-state index is 11.2.